The second-order valence-corrected chi connectivity index (χ2v) is 14.0. The van der Waals surface area contributed by atoms with Crippen molar-refractivity contribution in [2.75, 3.05) is 11.5 Å². The van der Waals surface area contributed by atoms with Crippen molar-refractivity contribution >= 4 is 46.0 Å². The SMILES string of the molecule is O=C(CC(O)/C=C/CCCCSC(c1ccccc1)(c1ccccc1)c1ccccc1)N1C(=S)SCC1Cc1ccccc1. The highest BCUT2D eigenvalue weighted by atomic mass is 32.2. The monoisotopic (exact) mass is 637 g/mol. The van der Waals surface area contributed by atoms with Gasteiger partial charge in [0.2, 0.25) is 5.91 Å². The highest BCUT2D eigenvalue weighted by Gasteiger charge is 2.37. The Morgan fingerprint density at radius 1 is 0.864 bits per heavy atom. The van der Waals surface area contributed by atoms with Crippen LogP contribution in [0.3, 0.4) is 0 Å². The molecule has 0 aliphatic carbocycles. The third kappa shape index (κ3) is 8.10. The maximum atomic E-state index is 13.1. The lowest BCUT2D eigenvalue weighted by Crippen LogP contribution is -2.41. The van der Waals surface area contributed by atoms with Crippen LogP contribution in [0.5, 0.6) is 0 Å². The van der Waals surface area contributed by atoms with Crippen LogP contribution in [0.15, 0.2) is 133 Å². The number of rotatable bonds is 14. The lowest BCUT2D eigenvalue weighted by atomic mass is 9.84. The molecule has 2 atom stereocenters. The molecule has 4 aromatic rings. The van der Waals surface area contributed by atoms with E-state index in [1.807, 2.05) is 36.0 Å². The molecule has 3 nitrogen and oxygen atoms in total. The minimum atomic E-state index is -0.815. The smallest absolute Gasteiger partial charge is 0.231 e. The summed E-state index contributed by atoms with van der Waals surface area (Å²) in [6, 6.07) is 42.6. The van der Waals surface area contributed by atoms with Gasteiger partial charge >= 0.3 is 0 Å². The van der Waals surface area contributed by atoms with Gasteiger partial charge in [-0.3, -0.25) is 9.69 Å². The van der Waals surface area contributed by atoms with Crippen LogP contribution in [0, 0.1) is 0 Å². The Labute approximate surface area is 275 Å². The molecule has 4 aromatic carbocycles. The molecule has 1 fully saturated rings. The molecular formula is C38H39NO2S3. The van der Waals surface area contributed by atoms with Crippen LogP contribution < -0.4 is 0 Å². The first-order valence-electron chi connectivity index (χ1n) is 15.3. The van der Waals surface area contributed by atoms with Gasteiger partial charge in [0.15, 0.2) is 0 Å². The van der Waals surface area contributed by atoms with Crippen molar-refractivity contribution in [3.8, 4) is 0 Å². The molecule has 1 N–H and O–H groups in total. The number of thioether (sulfide) groups is 2. The molecule has 44 heavy (non-hydrogen) atoms. The van der Waals surface area contributed by atoms with Crippen LogP contribution in [-0.4, -0.2) is 43.9 Å². The predicted octanol–water partition coefficient (Wildman–Crippen LogP) is 8.66. The Kier molecular flexibility index (Phi) is 11.9. The summed E-state index contributed by atoms with van der Waals surface area (Å²) < 4.78 is 0.311. The number of amides is 1. The van der Waals surface area contributed by atoms with Gasteiger partial charge < -0.3 is 5.11 Å². The van der Waals surface area contributed by atoms with Gasteiger partial charge in [0.05, 0.1) is 23.3 Å². The van der Waals surface area contributed by atoms with Crippen LogP contribution >= 0.6 is 35.7 Å². The Bertz CT molecular complexity index is 1400. The van der Waals surface area contributed by atoms with Crippen LogP contribution in [0.25, 0.3) is 0 Å². The number of aliphatic hydroxyl groups excluding tert-OH is 1. The van der Waals surface area contributed by atoms with Gasteiger partial charge in [-0.25, -0.2) is 0 Å². The third-order valence-electron chi connectivity index (χ3n) is 7.91. The Morgan fingerprint density at radius 3 is 1.93 bits per heavy atom. The molecule has 0 bridgehead atoms. The number of hydrogen-bond donors (Lipinski definition) is 1. The van der Waals surface area contributed by atoms with Crippen molar-refractivity contribution in [2.45, 2.75) is 49.0 Å². The lowest BCUT2D eigenvalue weighted by molar-refractivity contribution is -0.129. The minimum Gasteiger partial charge on any atom is -0.389 e. The number of carbonyl (C=O) groups is 1. The average Bonchev–Trinajstić information content (AvgIpc) is 3.43. The maximum absolute atomic E-state index is 13.1. The summed E-state index contributed by atoms with van der Waals surface area (Å²) in [4.78, 5) is 14.8. The minimum absolute atomic E-state index is 0.0332. The number of allylic oxidation sites excluding steroid dienone is 1. The standard InChI is InChI=1S/C38H39NO2S3/c40-35(28-36(41)39-34(29-43-37(39)42)27-30-17-7-3-8-18-30)25-15-1-2-16-26-44-38(31-19-9-4-10-20-31,32-21-11-5-12-22-32)33-23-13-6-14-24-33/h3-15,17-25,34-35,40H,1-2,16,26-29H2/b25-15+. The van der Waals surface area contributed by atoms with E-state index in [0.717, 1.165) is 37.2 Å². The summed E-state index contributed by atoms with van der Waals surface area (Å²) in [5.41, 5.74) is 5.01. The zero-order valence-electron chi connectivity index (χ0n) is 24.8. The highest BCUT2D eigenvalue weighted by Crippen LogP contribution is 2.48. The molecule has 0 aromatic heterocycles. The molecule has 2 unspecified atom stereocenters. The van der Waals surface area contributed by atoms with Crippen LogP contribution in [0.1, 0.15) is 47.9 Å². The number of benzene rings is 4. The summed E-state index contributed by atoms with van der Waals surface area (Å²) in [5.74, 6) is 1.68. The fourth-order valence-electron chi connectivity index (χ4n) is 5.76. The van der Waals surface area contributed by atoms with E-state index in [9.17, 15) is 9.90 Å². The largest absolute Gasteiger partial charge is 0.389 e. The molecule has 0 radical (unpaired) electrons. The van der Waals surface area contributed by atoms with Crippen LogP contribution in [0.4, 0.5) is 0 Å². The fraction of sp³-hybridized carbons (Fsp3) is 0.263. The topological polar surface area (TPSA) is 40.5 Å². The van der Waals surface area contributed by atoms with Crippen molar-refractivity contribution in [2.24, 2.45) is 0 Å². The third-order valence-corrected chi connectivity index (χ3v) is 11.1. The van der Waals surface area contributed by atoms with Crippen molar-refractivity contribution in [1.82, 2.24) is 4.90 Å². The summed E-state index contributed by atoms with van der Waals surface area (Å²) >= 11 is 9.02. The number of aliphatic hydroxyl groups is 1. The van der Waals surface area contributed by atoms with Crippen LogP contribution in [-0.2, 0) is 16.0 Å². The Balaban J connectivity index is 1.15. The van der Waals surface area contributed by atoms with Crippen molar-refractivity contribution in [3.63, 3.8) is 0 Å². The van der Waals surface area contributed by atoms with Crippen molar-refractivity contribution < 1.29 is 9.90 Å². The summed E-state index contributed by atoms with van der Waals surface area (Å²) in [7, 11) is 0. The first kappa shape index (κ1) is 32.2. The van der Waals surface area contributed by atoms with Gasteiger partial charge in [0.1, 0.15) is 4.32 Å². The predicted molar refractivity (Wildman–Crippen MR) is 191 cm³/mol. The molecule has 226 valence electrons. The van der Waals surface area contributed by atoms with Gasteiger partial charge in [-0.2, -0.15) is 0 Å². The molecule has 1 aliphatic heterocycles. The maximum Gasteiger partial charge on any atom is 0.231 e. The Hall–Kier alpha value is -3.16. The summed E-state index contributed by atoms with van der Waals surface area (Å²) in [6.07, 6.45) is 6.69. The molecule has 5 rings (SSSR count). The van der Waals surface area contributed by atoms with Crippen molar-refractivity contribution in [3.05, 3.63) is 156 Å². The van der Waals surface area contributed by atoms with Gasteiger partial charge in [0.25, 0.3) is 0 Å². The number of unbranched alkanes of at least 4 members (excludes halogenated alkanes) is 2. The number of hydrogen-bond acceptors (Lipinski definition) is 5. The molecule has 1 saturated heterocycles. The van der Waals surface area contributed by atoms with E-state index in [0.29, 0.717) is 4.32 Å². The zero-order chi connectivity index (χ0) is 30.6. The molecule has 1 aliphatic rings. The van der Waals surface area contributed by atoms with E-state index in [1.165, 1.54) is 22.3 Å². The normalized spacial score (nSPS) is 16.0. The van der Waals surface area contributed by atoms with E-state index in [-0.39, 0.29) is 23.1 Å². The van der Waals surface area contributed by atoms with Gasteiger partial charge in [-0.05, 0) is 53.7 Å². The molecule has 0 spiro atoms. The quantitative estimate of drug-likeness (QED) is 0.0649. The number of thiocarbonyl (C=S) groups is 1. The summed E-state index contributed by atoms with van der Waals surface area (Å²) in [5, 5.41) is 10.6. The highest BCUT2D eigenvalue weighted by molar-refractivity contribution is 8.23. The number of carbonyl (C=O) groups excluding carboxylic acids is 1. The van der Waals surface area contributed by atoms with E-state index < -0.39 is 6.10 Å². The number of nitrogens with zero attached hydrogens (tertiary/aromatic N) is 1. The van der Waals surface area contributed by atoms with Gasteiger partial charge in [-0.1, -0.05) is 157 Å². The molecule has 1 heterocycles. The van der Waals surface area contributed by atoms with E-state index in [4.69, 9.17) is 12.2 Å². The molecule has 1 amide bonds. The first-order valence-corrected chi connectivity index (χ1v) is 17.6. The molecule has 6 heteroatoms. The van der Waals surface area contributed by atoms with Gasteiger partial charge in [-0.15, -0.1) is 11.8 Å². The van der Waals surface area contributed by atoms with E-state index in [1.54, 1.807) is 22.7 Å². The van der Waals surface area contributed by atoms with E-state index >= 15 is 0 Å². The molecular weight excluding hydrogens is 599 g/mol. The zero-order valence-corrected chi connectivity index (χ0v) is 27.3. The average molecular weight is 638 g/mol. The summed E-state index contributed by atoms with van der Waals surface area (Å²) in [6.45, 7) is 0. The lowest BCUT2D eigenvalue weighted by Gasteiger charge is -2.35. The van der Waals surface area contributed by atoms with E-state index in [2.05, 4.69) is 103 Å². The van der Waals surface area contributed by atoms with Crippen molar-refractivity contribution in [1.29, 1.82) is 0 Å². The molecule has 0 saturated carbocycles. The Morgan fingerprint density at radius 2 is 1.39 bits per heavy atom. The van der Waals surface area contributed by atoms with Gasteiger partial charge in [0, 0.05) is 5.75 Å². The first-order chi connectivity index (χ1) is 21.6. The second kappa shape index (κ2) is 16.2. The van der Waals surface area contributed by atoms with Crippen LogP contribution in [0.2, 0.25) is 0 Å². The fourth-order valence-corrected chi connectivity index (χ4v) is 8.77. The second-order valence-electron chi connectivity index (χ2n) is 11.0.